The summed E-state index contributed by atoms with van der Waals surface area (Å²) in [6, 6.07) is 13.5. The van der Waals surface area contributed by atoms with E-state index in [9.17, 15) is 14.9 Å². The van der Waals surface area contributed by atoms with Crippen molar-refractivity contribution >= 4 is 39.3 Å². The number of nitrogens with one attached hydrogen (secondary N) is 1. The van der Waals surface area contributed by atoms with Crippen LogP contribution in [0.5, 0.6) is 0 Å². The minimum atomic E-state index is -0.526. The number of nitro groups is 1. The fourth-order valence-corrected chi connectivity index (χ4v) is 3.44. The van der Waals surface area contributed by atoms with Gasteiger partial charge in [-0.1, -0.05) is 38.1 Å². The van der Waals surface area contributed by atoms with Crippen LogP contribution in [0.25, 0.3) is 21.9 Å². The number of carbonyl (C=O) groups excluding carboxylic acids is 1. The molecule has 0 atom stereocenters. The van der Waals surface area contributed by atoms with E-state index in [1.807, 2.05) is 31.2 Å². The summed E-state index contributed by atoms with van der Waals surface area (Å²) in [6.07, 6.45) is 0. The third kappa shape index (κ3) is 3.59. The molecule has 1 N–H and O–H groups in total. The highest BCUT2D eigenvalue weighted by atomic mass is 16.6. The second kappa shape index (κ2) is 7.55. The molecule has 152 valence electrons. The van der Waals surface area contributed by atoms with Crippen LogP contribution in [-0.4, -0.2) is 25.6 Å². The lowest BCUT2D eigenvalue weighted by molar-refractivity contribution is -0.384. The van der Waals surface area contributed by atoms with E-state index >= 15 is 0 Å². The molecule has 0 bridgehead atoms. The summed E-state index contributed by atoms with van der Waals surface area (Å²) >= 11 is 0. The molecule has 0 radical (unpaired) electrons. The maximum Gasteiger partial charge on any atom is 0.270 e. The van der Waals surface area contributed by atoms with Gasteiger partial charge < -0.3 is 5.32 Å². The van der Waals surface area contributed by atoms with Crippen molar-refractivity contribution in [1.82, 2.24) is 14.8 Å². The quantitative estimate of drug-likeness (QED) is 0.384. The number of hydrogen-bond donors (Lipinski definition) is 1. The topological polar surface area (TPSA) is 103 Å². The van der Waals surface area contributed by atoms with E-state index in [4.69, 9.17) is 4.98 Å². The Hall–Kier alpha value is -3.81. The third-order valence-corrected chi connectivity index (χ3v) is 4.84. The van der Waals surface area contributed by atoms with Crippen LogP contribution in [0.4, 0.5) is 11.5 Å². The van der Waals surface area contributed by atoms with Crippen LogP contribution in [0.2, 0.25) is 0 Å². The lowest BCUT2D eigenvalue weighted by Gasteiger charge is -2.06. The molecular formula is C22H21N5O3. The second-order valence-electron chi connectivity index (χ2n) is 7.69. The fraction of sp³-hybridized carbons (Fsp3) is 0.227. The maximum atomic E-state index is 12.8. The van der Waals surface area contributed by atoms with Crippen molar-refractivity contribution in [3.8, 4) is 0 Å². The Labute approximate surface area is 172 Å². The summed E-state index contributed by atoms with van der Waals surface area (Å²) in [5.41, 5.74) is 2.71. The van der Waals surface area contributed by atoms with E-state index in [0.717, 1.165) is 21.9 Å². The Kier molecular flexibility index (Phi) is 4.91. The molecule has 2 aromatic heterocycles. The summed E-state index contributed by atoms with van der Waals surface area (Å²) < 4.78 is 1.80. The highest BCUT2D eigenvalue weighted by Gasteiger charge is 2.18. The van der Waals surface area contributed by atoms with Gasteiger partial charge in [0.25, 0.3) is 11.6 Å². The minimum absolute atomic E-state index is 0.138. The molecule has 2 aromatic carbocycles. The van der Waals surface area contributed by atoms with Crippen LogP contribution in [0.1, 0.15) is 29.8 Å². The van der Waals surface area contributed by atoms with E-state index in [1.54, 1.807) is 4.68 Å². The number of nitro benzene ring substituents is 1. The molecule has 0 saturated heterocycles. The summed E-state index contributed by atoms with van der Waals surface area (Å²) in [6.45, 7) is 6.82. The number of hydrogen-bond acceptors (Lipinski definition) is 5. The molecule has 4 rings (SSSR count). The number of carbonyl (C=O) groups is 1. The molecule has 2 heterocycles. The van der Waals surface area contributed by atoms with Crippen molar-refractivity contribution in [2.45, 2.75) is 27.3 Å². The second-order valence-corrected chi connectivity index (χ2v) is 7.69. The molecular weight excluding hydrogens is 382 g/mol. The zero-order valence-electron chi connectivity index (χ0n) is 16.9. The number of fused-ring (bicyclic) bond motifs is 2. The lowest BCUT2D eigenvalue weighted by Crippen LogP contribution is -2.13. The standard InChI is InChI=1S/C22H21N5O3/c1-13(2)12-26-21-18(11-15-7-4-6-14(3)19(15)23-21)20(25-26)24-22(28)16-8-5-9-17(10-16)27(29)30/h4-11,13H,12H2,1-3H3,(H,24,25,28). The third-order valence-electron chi connectivity index (χ3n) is 4.84. The Bertz CT molecular complexity index is 1290. The predicted octanol–water partition coefficient (Wildman–Crippen LogP) is 4.71. The predicted molar refractivity (Wildman–Crippen MR) is 116 cm³/mol. The fourth-order valence-electron chi connectivity index (χ4n) is 3.44. The van der Waals surface area contributed by atoms with Gasteiger partial charge in [0.15, 0.2) is 11.5 Å². The van der Waals surface area contributed by atoms with E-state index in [2.05, 4.69) is 24.3 Å². The number of benzene rings is 2. The van der Waals surface area contributed by atoms with Crippen LogP contribution in [0, 0.1) is 23.0 Å². The summed E-state index contributed by atoms with van der Waals surface area (Å²) in [7, 11) is 0. The molecule has 1 amide bonds. The van der Waals surface area contributed by atoms with Gasteiger partial charge in [0.1, 0.15) is 0 Å². The monoisotopic (exact) mass is 403 g/mol. The molecule has 0 fully saturated rings. The van der Waals surface area contributed by atoms with Gasteiger partial charge in [-0.25, -0.2) is 9.67 Å². The Balaban J connectivity index is 1.81. The number of para-hydroxylation sites is 1. The number of aryl methyl sites for hydroxylation is 1. The smallest absolute Gasteiger partial charge is 0.270 e. The number of pyridine rings is 1. The molecule has 0 unspecified atom stereocenters. The number of non-ortho nitro benzene ring substituents is 1. The van der Waals surface area contributed by atoms with Crippen molar-refractivity contribution in [2.24, 2.45) is 5.92 Å². The number of nitrogens with zero attached hydrogens (tertiary/aromatic N) is 4. The molecule has 0 aliphatic carbocycles. The van der Waals surface area contributed by atoms with Crippen molar-refractivity contribution in [2.75, 3.05) is 5.32 Å². The number of amides is 1. The van der Waals surface area contributed by atoms with Crippen LogP contribution in [0.3, 0.4) is 0 Å². The maximum absolute atomic E-state index is 12.8. The molecule has 8 heteroatoms. The highest BCUT2D eigenvalue weighted by Crippen LogP contribution is 2.28. The summed E-state index contributed by atoms with van der Waals surface area (Å²) in [4.78, 5) is 28.1. The molecule has 0 spiro atoms. The largest absolute Gasteiger partial charge is 0.304 e. The summed E-state index contributed by atoms with van der Waals surface area (Å²) in [5, 5.41) is 20.1. The van der Waals surface area contributed by atoms with Gasteiger partial charge in [0.2, 0.25) is 0 Å². The van der Waals surface area contributed by atoms with Crippen LogP contribution in [0.15, 0.2) is 48.5 Å². The summed E-state index contributed by atoms with van der Waals surface area (Å²) in [5.74, 6) is 0.264. The average Bonchev–Trinajstić information content (AvgIpc) is 3.02. The average molecular weight is 403 g/mol. The van der Waals surface area contributed by atoms with Crippen LogP contribution in [-0.2, 0) is 6.54 Å². The zero-order valence-corrected chi connectivity index (χ0v) is 16.9. The Morgan fingerprint density at radius 2 is 1.97 bits per heavy atom. The molecule has 4 aromatic rings. The van der Waals surface area contributed by atoms with E-state index < -0.39 is 10.8 Å². The van der Waals surface area contributed by atoms with Crippen molar-refractivity contribution in [3.05, 3.63) is 69.8 Å². The van der Waals surface area contributed by atoms with Crippen molar-refractivity contribution in [1.29, 1.82) is 0 Å². The van der Waals surface area contributed by atoms with Crippen molar-refractivity contribution < 1.29 is 9.72 Å². The van der Waals surface area contributed by atoms with Crippen LogP contribution < -0.4 is 5.32 Å². The number of aromatic nitrogens is 3. The normalized spacial score (nSPS) is 11.3. The Morgan fingerprint density at radius 3 is 2.70 bits per heavy atom. The first-order chi connectivity index (χ1) is 14.3. The lowest BCUT2D eigenvalue weighted by atomic mass is 10.1. The van der Waals surface area contributed by atoms with Gasteiger partial charge in [0, 0.05) is 29.6 Å². The minimum Gasteiger partial charge on any atom is -0.304 e. The van der Waals surface area contributed by atoms with E-state index in [0.29, 0.717) is 23.9 Å². The molecule has 8 nitrogen and oxygen atoms in total. The number of anilines is 1. The first kappa shape index (κ1) is 19.5. The highest BCUT2D eigenvalue weighted by molar-refractivity contribution is 6.09. The van der Waals surface area contributed by atoms with E-state index in [1.165, 1.54) is 24.3 Å². The van der Waals surface area contributed by atoms with Gasteiger partial charge in [-0.15, -0.1) is 0 Å². The molecule has 0 aliphatic heterocycles. The van der Waals surface area contributed by atoms with E-state index in [-0.39, 0.29) is 11.3 Å². The van der Waals surface area contributed by atoms with Crippen LogP contribution >= 0.6 is 0 Å². The molecule has 0 aliphatic rings. The van der Waals surface area contributed by atoms with Crippen molar-refractivity contribution in [3.63, 3.8) is 0 Å². The van der Waals surface area contributed by atoms with Gasteiger partial charge in [-0.05, 0) is 30.5 Å². The SMILES string of the molecule is Cc1cccc2cc3c(NC(=O)c4cccc([N+](=O)[O-])c4)nn(CC(C)C)c3nc12. The van der Waals surface area contributed by atoms with Gasteiger partial charge in [-0.3, -0.25) is 14.9 Å². The number of rotatable bonds is 5. The molecule has 0 saturated carbocycles. The zero-order chi connectivity index (χ0) is 21.4. The first-order valence-electron chi connectivity index (χ1n) is 9.66. The van der Waals surface area contributed by atoms with Gasteiger partial charge >= 0.3 is 0 Å². The molecule has 30 heavy (non-hydrogen) atoms. The Morgan fingerprint density at radius 1 is 1.20 bits per heavy atom. The first-order valence-corrected chi connectivity index (χ1v) is 9.66. The van der Waals surface area contributed by atoms with Gasteiger partial charge in [-0.2, -0.15) is 5.10 Å². The van der Waals surface area contributed by atoms with Gasteiger partial charge in [0.05, 0.1) is 15.8 Å².